The fourth-order valence-corrected chi connectivity index (χ4v) is 4.30. The second-order valence-corrected chi connectivity index (χ2v) is 16.2. The van der Waals surface area contributed by atoms with Crippen LogP contribution in [0.15, 0.2) is 24.3 Å². The highest BCUT2D eigenvalue weighted by atomic mass is 16.6. The van der Waals surface area contributed by atoms with Crippen LogP contribution in [-0.4, -0.2) is 77.0 Å². The molecule has 0 aliphatic rings. The molecule has 14 heteroatoms. The Labute approximate surface area is 302 Å². The van der Waals surface area contributed by atoms with Gasteiger partial charge < -0.3 is 40.2 Å². The fourth-order valence-electron chi connectivity index (χ4n) is 4.30. The number of nitrogens with one attached hydrogen (secondary N) is 4. The molecule has 0 spiro atoms. The van der Waals surface area contributed by atoms with Crippen molar-refractivity contribution in [3.8, 4) is 0 Å². The molecular formula is C37H60N4O10. The number of urea groups is 1. The predicted octanol–water partition coefficient (Wildman–Crippen LogP) is 5.45. The average molecular weight is 721 g/mol. The number of unbranched alkanes of at least 4 members (excludes halogenated alkanes) is 1. The fraction of sp³-hybridized carbons (Fsp3) is 0.676. The van der Waals surface area contributed by atoms with Crippen LogP contribution in [0.3, 0.4) is 0 Å². The Hall–Kier alpha value is -4.36. The van der Waals surface area contributed by atoms with Gasteiger partial charge in [-0.25, -0.2) is 19.2 Å². The third-order valence-corrected chi connectivity index (χ3v) is 6.31. The van der Waals surface area contributed by atoms with Gasteiger partial charge in [-0.05, 0) is 126 Å². The zero-order valence-electron chi connectivity index (χ0n) is 32.5. The van der Waals surface area contributed by atoms with Crippen LogP contribution in [-0.2, 0) is 39.9 Å². The molecule has 1 aromatic carbocycles. The molecule has 0 heterocycles. The van der Waals surface area contributed by atoms with E-state index in [1.807, 2.05) is 0 Å². The maximum absolute atomic E-state index is 13.1. The van der Waals surface area contributed by atoms with E-state index in [0.29, 0.717) is 24.9 Å². The molecule has 0 radical (unpaired) electrons. The number of carbonyl (C=O) groups excluding carboxylic acids is 6. The third kappa shape index (κ3) is 21.5. The van der Waals surface area contributed by atoms with Gasteiger partial charge in [-0.2, -0.15) is 0 Å². The Bertz CT molecular complexity index is 1330. The lowest BCUT2D eigenvalue weighted by Gasteiger charge is -2.27. The van der Waals surface area contributed by atoms with E-state index in [2.05, 4.69) is 21.3 Å². The summed E-state index contributed by atoms with van der Waals surface area (Å²) in [7, 11) is 0. The van der Waals surface area contributed by atoms with Gasteiger partial charge >= 0.3 is 30.0 Å². The maximum atomic E-state index is 13.1. The minimum atomic E-state index is -1.19. The molecule has 0 fully saturated rings. The summed E-state index contributed by atoms with van der Waals surface area (Å²) in [6.45, 7) is 21.2. The number of carbonyl (C=O) groups is 6. The van der Waals surface area contributed by atoms with Gasteiger partial charge in [-0.3, -0.25) is 9.59 Å². The number of hydrogen-bond donors (Lipinski definition) is 4. The summed E-state index contributed by atoms with van der Waals surface area (Å²) in [4.78, 5) is 76.0. The summed E-state index contributed by atoms with van der Waals surface area (Å²) in [6, 6.07) is 3.71. The lowest BCUT2D eigenvalue weighted by Crippen LogP contribution is -2.53. The monoisotopic (exact) mass is 720 g/mol. The number of amides is 4. The van der Waals surface area contributed by atoms with Crippen LogP contribution in [0, 0.1) is 0 Å². The van der Waals surface area contributed by atoms with Crippen molar-refractivity contribution in [3.05, 3.63) is 35.4 Å². The van der Waals surface area contributed by atoms with Gasteiger partial charge in [0.15, 0.2) is 0 Å². The Morgan fingerprint density at radius 1 is 0.588 bits per heavy atom. The van der Waals surface area contributed by atoms with Gasteiger partial charge in [0.05, 0.1) is 0 Å². The highest BCUT2D eigenvalue weighted by molar-refractivity contribution is 5.94. The zero-order chi connectivity index (χ0) is 39.2. The lowest BCUT2D eigenvalue weighted by atomic mass is 10.1. The number of ether oxygens (including phenoxy) is 4. The normalized spacial score (nSPS) is 13.2. The third-order valence-electron chi connectivity index (χ3n) is 6.31. The van der Waals surface area contributed by atoms with Crippen molar-refractivity contribution >= 4 is 35.9 Å². The topological polar surface area (TPSA) is 187 Å². The quantitative estimate of drug-likeness (QED) is 0.103. The summed E-state index contributed by atoms with van der Waals surface area (Å²) >= 11 is 0. The van der Waals surface area contributed by atoms with Crippen LogP contribution in [0.4, 0.5) is 9.59 Å². The largest absolute Gasteiger partial charge is 0.460 e. The Kier molecular flexibility index (Phi) is 16.9. The summed E-state index contributed by atoms with van der Waals surface area (Å²) in [5, 5.41) is 10.7. The molecule has 0 saturated carbocycles. The number of hydrogen-bond acceptors (Lipinski definition) is 10. The van der Waals surface area contributed by atoms with Crippen LogP contribution in [0.2, 0.25) is 0 Å². The van der Waals surface area contributed by atoms with E-state index >= 15 is 0 Å². The first-order chi connectivity index (χ1) is 23.2. The Morgan fingerprint density at radius 2 is 1.06 bits per heavy atom. The molecule has 0 bridgehead atoms. The standard InChI is InChI=1S/C37H60N4O10/c1-34(2,3)48-28(42)21-20-27(31(45)50-36(7,8)9)41-32(46)40-26(30(44)49-35(4,5)6)15-13-14-22-38-29(43)25-18-16-24(17-19-25)23-39-33(47)51-37(10,11)12/h16-19,26-27H,13-15,20-23H2,1-12H3,(H,38,43)(H,39,47)(H2,40,41,46)/t26-,27-/m0/s1. The second-order valence-electron chi connectivity index (χ2n) is 16.2. The predicted molar refractivity (Wildman–Crippen MR) is 192 cm³/mol. The maximum Gasteiger partial charge on any atom is 0.407 e. The smallest absolute Gasteiger partial charge is 0.407 e. The van der Waals surface area contributed by atoms with Gasteiger partial charge in [-0.1, -0.05) is 12.1 Å². The molecule has 0 aromatic heterocycles. The van der Waals surface area contributed by atoms with E-state index in [4.69, 9.17) is 18.9 Å². The number of benzene rings is 1. The Balaban J connectivity index is 2.79. The van der Waals surface area contributed by atoms with Crippen LogP contribution in [0.25, 0.3) is 0 Å². The molecule has 0 saturated heterocycles. The first-order valence-electron chi connectivity index (χ1n) is 17.3. The minimum absolute atomic E-state index is 0.0836. The van der Waals surface area contributed by atoms with Crippen molar-refractivity contribution in [1.29, 1.82) is 0 Å². The molecule has 14 nitrogen and oxygen atoms in total. The van der Waals surface area contributed by atoms with Gasteiger partial charge in [-0.15, -0.1) is 0 Å². The SMILES string of the molecule is CC(C)(C)OC(=O)CC[C@H](NC(=O)N[C@@H](CCCCNC(=O)c1ccc(CNC(=O)OC(C)(C)C)cc1)C(=O)OC(C)(C)C)C(=O)OC(C)(C)C. The number of rotatable bonds is 15. The highest BCUT2D eigenvalue weighted by Crippen LogP contribution is 2.15. The molecule has 0 aliphatic heterocycles. The van der Waals surface area contributed by atoms with Crippen LogP contribution < -0.4 is 21.3 Å². The molecule has 4 amide bonds. The van der Waals surface area contributed by atoms with Crippen LogP contribution in [0.5, 0.6) is 0 Å². The van der Waals surface area contributed by atoms with Crippen molar-refractivity contribution < 1.29 is 47.7 Å². The summed E-state index contributed by atoms with van der Waals surface area (Å²) in [5.41, 5.74) is -1.77. The first-order valence-corrected chi connectivity index (χ1v) is 17.3. The van der Waals surface area contributed by atoms with Gasteiger partial charge in [0.25, 0.3) is 5.91 Å². The lowest BCUT2D eigenvalue weighted by molar-refractivity contribution is -0.159. The van der Waals surface area contributed by atoms with Crippen LogP contribution in [0.1, 0.15) is 131 Å². The second kappa shape index (κ2) is 19.3. The molecule has 51 heavy (non-hydrogen) atoms. The van der Waals surface area contributed by atoms with E-state index in [1.165, 1.54) is 0 Å². The molecule has 1 aromatic rings. The van der Waals surface area contributed by atoms with Crippen molar-refractivity contribution in [2.24, 2.45) is 0 Å². The van der Waals surface area contributed by atoms with Crippen molar-refractivity contribution in [2.75, 3.05) is 6.54 Å². The average Bonchev–Trinajstić information content (AvgIpc) is 2.94. The van der Waals surface area contributed by atoms with E-state index in [0.717, 1.165) is 5.56 Å². The molecule has 4 N–H and O–H groups in total. The van der Waals surface area contributed by atoms with Crippen molar-refractivity contribution in [3.63, 3.8) is 0 Å². The van der Waals surface area contributed by atoms with E-state index < -0.39 is 64.5 Å². The van der Waals surface area contributed by atoms with Crippen LogP contribution >= 0.6 is 0 Å². The molecule has 2 atom stereocenters. The van der Waals surface area contributed by atoms with Crippen molar-refractivity contribution in [2.45, 2.75) is 156 Å². The summed E-state index contributed by atoms with van der Waals surface area (Å²) in [5.74, 6) is -2.23. The van der Waals surface area contributed by atoms with Gasteiger partial charge in [0.2, 0.25) is 0 Å². The van der Waals surface area contributed by atoms with Crippen molar-refractivity contribution in [1.82, 2.24) is 21.3 Å². The van der Waals surface area contributed by atoms with Gasteiger partial charge in [0.1, 0.15) is 34.5 Å². The molecule has 0 aliphatic carbocycles. The number of esters is 3. The van der Waals surface area contributed by atoms with E-state index in [9.17, 15) is 28.8 Å². The molecule has 288 valence electrons. The summed E-state index contributed by atoms with van der Waals surface area (Å²) in [6.07, 6.45) is 0.343. The van der Waals surface area contributed by atoms with E-state index in [1.54, 1.807) is 107 Å². The molecular weight excluding hydrogens is 660 g/mol. The summed E-state index contributed by atoms with van der Waals surface area (Å²) < 4.78 is 21.5. The number of alkyl carbamates (subject to hydrolysis) is 1. The highest BCUT2D eigenvalue weighted by Gasteiger charge is 2.31. The molecule has 1 rings (SSSR count). The Morgan fingerprint density at radius 3 is 1.53 bits per heavy atom. The molecule has 0 unspecified atom stereocenters. The van der Waals surface area contributed by atoms with E-state index in [-0.39, 0.29) is 31.7 Å². The zero-order valence-corrected chi connectivity index (χ0v) is 32.5. The van der Waals surface area contributed by atoms with Gasteiger partial charge in [0, 0.05) is 25.1 Å². The minimum Gasteiger partial charge on any atom is -0.460 e. The first kappa shape index (κ1) is 44.7.